The van der Waals surface area contributed by atoms with Crippen molar-refractivity contribution in [1.29, 1.82) is 0 Å². The van der Waals surface area contributed by atoms with Crippen molar-refractivity contribution in [3.63, 3.8) is 0 Å². The summed E-state index contributed by atoms with van der Waals surface area (Å²) in [6.45, 7) is 0.612. The van der Waals surface area contributed by atoms with Gasteiger partial charge in [-0.3, -0.25) is 0 Å². The fourth-order valence-electron chi connectivity index (χ4n) is 1.61. The number of hydrogen-bond acceptors (Lipinski definition) is 4. The largest absolute Gasteiger partial charge is 0.465 e. The number of thiophene rings is 1. The van der Waals surface area contributed by atoms with Crippen LogP contribution in [0, 0.1) is 0 Å². The fourth-order valence-corrected chi connectivity index (χ4v) is 3.90. The van der Waals surface area contributed by atoms with Crippen molar-refractivity contribution in [3.8, 4) is 0 Å². The predicted molar refractivity (Wildman–Crippen MR) is 89.8 cm³/mol. The van der Waals surface area contributed by atoms with Crippen LogP contribution in [0.2, 0.25) is 5.02 Å². The van der Waals surface area contributed by atoms with E-state index >= 15 is 0 Å². The molecule has 1 heterocycles. The molecule has 0 saturated carbocycles. The second kappa shape index (κ2) is 6.93. The number of anilines is 1. The number of esters is 1. The zero-order chi connectivity index (χ0) is 14.7. The van der Waals surface area contributed by atoms with Crippen LogP contribution < -0.4 is 5.32 Å². The molecule has 0 aliphatic heterocycles. The minimum atomic E-state index is -0.413. The van der Waals surface area contributed by atoms with E-state index in [9.17, 15) is 4.79 Å². The molecule has 0 radical (unpaired) electrons. The van der Waals surface area contributed by atoms with Gasteiger partial charge in [-0.05, 0) is 56.1 Å². The van der Waals surface area contributed by atoms with Crippen LogP contribution >= 0.6 is 54.8 Å². The van der Waals surface area contributed by atoms with Gasteiger partial charge < -0.3 is 10.1 Å². The van der Waals surface area contributed by atoms with Crippen molar-refractivity contribution in [1.82, 2.24) is 0 Å². The smallest absolute Gasteiger partial charge is 0.340 e. The quantitative estimate of drug-likeness (QED) is 0.655. The Morgan fingerprint density at radius 1 is 1.40 bits per heavy atom. The van der Waals surface area contributed by atoms with Crippen LogP contribution in [0.1, 0.15) is 15.2 Å². The first kappa shape index (κ1) is 15.8. The Labute approximate surface area is 142 Å². The maximum absolute atomic E-state index is 11.7. The number of hydrogen-bond donors (Lipinski definition) is 1. The Balaban J connectivity index is 2.18. The summed E-state index contributed by atoms with van der Waals surface area (Å²) in [4.78, 5) is 12.9. The molecule has 106 valence electrons. The molecule has 0 aliphatic carbocycles. The number of ether oxygens (including phenoxy) is 1. The van der Waals surface area contributed by atoms with Crippen molar-refractivity contribution < 1.29 is 9.53 Å². The highest BCUT2D eigenvalue weighted by Gasteiger charge is 2.13. The molecular formula is C13H10Br2ClNO2S. The second-order valence-electron chi connectivity index (χ2n) is 3.87. The summed E-state index contributed by atoms with van der Waals surface area (Å²) in [6, 6.07) is 7.12. The summed E-state index contributed by atoms with van der Waals surface area (Å²) in [5, 5.41) is 3.72. The highest BCUT2D eigenvalue weighted by Crippen LogP contribution is 2.33. The predicted octanol–water partition coefficient (Wildman–Crippen LogP) is 5.33. The van der Waals surface area contributed by atoms with Crippen molar-refractivity contribution >= 4 is 66.5 Å². The van der Waals surface area contributed by atoms with E-state index in [0.717, 1.165) is 13.1 Å². The van der Waals surface area contributed by atoms with E-state index in [1.165, 1.54) is 7.11 Å². The van der Waals surface area contributed by atoms with Crippen LogP contribution in [-0.2, 0) is 11.3 Å². The summed E-state index contributed by atoms with van der Waals surface area (Å²) < 4.78 is 6.81. The van der Waals surface area contributed by atoms with Crippen molar-refractivity contribution in [2.75, 3.05) is 12.4 Å². The maximum atomic E-state index is 11.7. The van der Waals surface area contributed by atoms with Crippen LogP contribution in [0.15, 0.2) is 32.5 Å². The van der Waals surface area contributed by atoms with Crippen molar-refractivity contribution in [2.45, 2.75) is 6.54 Å². The molecule has 0 unspecified atom stereocenters. The van der Waals surface area contributed by atoms with E-state index in [1.807, 2.05) is 6.07 Å². The van der Waals surface area contributed by atoms with Gasteiger partial charge in [-0.15, -0.1) is 11.3 Å². The Morgan fingerprint density at radius 3 is 2.75 bits per heavy atom. The van der Waals surface area contributed by atoms with Gasteiger partial charge in [0, 0.05) is 26.6 Å². The summed E-state index contributed by atoms with van der Waals surface area (Å²) in [6.07, 6.45) is 0. The molecule has 1 aromatic carbocycles. The highest BCUT2D eigenvalue weighted by molar-refractivity contribution is 9.13. The second-order valence-corrected chi connectivity index (χ2v) is 7.61. The van der Waals surface area contributed by atoms with Crippen LogP contribution in [0.25, 0.3) is 0 Å². The summed E-state index contributed by atoms with van der Waals surface area (Å²) in [5.74, 6) is -0.413. The summed E-state index contributed by atoms with van der Waals surface area (Å²) >= 11 is 14.4. The normalized spacial score (nSPS) is 10.4. The van der Waals surface area contributed by atoms with E-state index in [4.69, 9.17) is 16.3 Å². The summed E-state index contributed by atoms with van der Waals surface area (Å²) in [5.41, 5.74) is 1.12. The van der Waals surface area contributed by atoms with Gasteiger partial charge in [-0.2, -0.15) is 0 Å². The van der Waals surface area contributed by atoms with Gasteiger partial charge in [-0.1, -0.05) is 11.6 Å². The number of benzene rings is 1. The lowest BCUT2D eigenvalue weighted by molar-refractivity contribution is 0.0602. The van der Waals surface area contributed by atoms with E-state index in [1.54, 1.807) is 29.5 Å². The Kier molecular flexibility index (Phi) is 5.49. The molecule has 0 atom stereocenters. The average Bonchev–Trinajstić information content (AvgIpc) is 2.75. The zero-order valence-corrected chi connectivity index (χ0v) is 15.1. The molecule has 1 aromatic heterocycles. The first-order valence-corrected chi connectivity index (χ1v) is 8.34. The molecule has 3 nitrogen and oxygen atoms in total. The van der Waals surface area contributed by atoms with Gasteiger partial charge in [-0.25, -0.2) is 4.79 Å². The Hall–Kier alpha value is -0.560. The molecule has 2 rings (SSSR count). The van der Waals surface area contributed by atoms with Crippen molar-refractivity contribution in [3.05, 3.63) is 48.0 Å². The third kappa shape index (κ3) is 3.75. The number of carbonyl (C=O) groups excluding carboxylic acids is 1. The molecule has 20 heavy (non-hydrogen) atoms. The molecule has 1 N–H and O–H groups in total. The van der Waals surface area contributed by atoms with Crippen LogP contribution in [0.3, 0.4) is 0 Å². The van der Waals surface area contributed by atoms with Gasteiger partial charge in [0.2, 0.25) is 0 Å². The lowest BCUT2D eigenvalue weighted by Crippen LogP contribution is -2.07. The third-order valence-corrected chi connectivity index (χ3v) is 6.03. The van der Waals surface area contributed by atoms with Gasteiger partial charge in [0.25, 0.3) is 0 Å². The lowest BCUT2D eigenvalue weighted by atomic mass is 10.2. The van der Waals surface area contributed by atoms with E-state index in [2.05, 4.69) is 37.2 Å². The minimum Gasteiger partial charge on any atom is -0.465 e. The minimum absolute atomic E-state index is 0.413. The standard InChI is InChI=1S/C13H10Br2ClNO2S/c1-19-13(18)9-4-7(16)2-3-11(9)17-6-8-5-10(14)12(15)20-8/h2-5,17H,6H2,1H3. The van der Waals surface area contributed by atoms with Gasteiger partial charge >= 0.3 is 5.97 Å². The number of methoxy groups -OCH3 is 1. The van der Waals surface area contributed by atoms with E-state index in [-0.39, 0.29) is 0 Å². The monoisotopic (exact) mass is 437 g/mol. The van der Waals surface area contributed by atoms with Gasteiger partial charge in [0.05, 0.1) is 16.5 Å². The summed E-state index contributed by atoms with van der Waals surface area (Å²) in [7, 11) is 1.35. The van der Waals surface area contributed by atoms with E-state index < -0.39 is 5.97 Å². The molecule has 2 aromatic rings. The average molecular weight is 440 g/mol. The topological polar surface area (TPSA) is 38.3 Å². The SMILES string of the molecule is COC(=O)c1cc(Cl)ccc1NCc1cc(Br)c(Br)s1. The number of carbonyl (C=O) groups is 1. The maximum Gasteiger partial charge on any atom is 0.340 e. The van der Waals surface area contributed by atoms with Crippen LogP contribution in [0.5, 0.6) is 0 Å². The highest BCUT2D eigenvalue weighted by atomic mass is 79.9. The molecule has 0 spiro atoms. The molecular weight excluding hydrogens is 429 g/mol. The first-order valence-electron chi connectivity index (χ1n) is 5.56. The van der Waals surface area contributed by atoms with Gasteiger partial charge in [0.15, 0.2) is 0 Å². The third-order valence-electron chi connectivity index (χ3n) is 2.54. The van der Waals surface area contributed by atoms with Crippen molar-refractivity contribution in [2.24, 2.45) is 0 Å². The molecule has 0 aliphatic rings. The fraction of sp³-hybridized carbons (Fsp3) is 0.154. The molecule has 0 saturated heterocycles. The molecule has 0 bridgehead atoms. The van der Waals surface area contributed by atoms with Gasteiger partial charge in [0.1, 0.15) is 0 Å². The first-order chi connectivity index (χ1) is 9.51. The Morgan fingerprint density at radius 2 is 2.15 bits per heavy atom. The number of rotatable bonds is 4. The van der Waals surface area contributed by atoms with Crippen LogP contribution in [-0.4, -0.2) is 13.1 Å². The lowest BCUT2D eigenvalue weighted by Gasteiger charge is -2.10. The molecule has 0 amide bonds. The van der Waals surface area contributed by atoms with Crippen LogP contribution in [0.4, 0.5) is 5.69 Å². The zero-order valence-electron chi connectivity index (χ0n) is 10.4. The number of nitrogens with one attached hydrogen (secondary N) is 1. The van der Waals surface area contributed by atoms with E-state index in [0.29, 0.717) is 22.8 Å². The Bertz CT molecular complexity index is 626. The number of halogens is 3. The molecule has 7 heteroatoms. The molecule has 0 fully saturated rings.